The summed E-state index contributed by atoms with van der Waals surface area (Å²) in [6.45, 7) is 1.78. The Balaban J connectivity index is 2.15. The van der Waals surface area contributed by atoms with E-state index < -0.39 is 4.92 Å². The molecular weight excluding hydrogens is 318 g/mol. The molecule has 4 aromatic rings. The van der Waals surface area contributed by atoms with Gasteiger partial charge in [0.2, 0.25) is 0 Å². The fraction of sp³-hybridized carbons (Fsp3) is 0.105. The predicted molar refractivity (Wildman–Crippen MR) is 97.4 cm³/mol. The molecule has 0 aliphatic carbocycles. The van der Waals surface area contributed by atoms with Crippen molar-refractivity contribution in [2.24, 2.45) is 7.05 Å². The van der Waals surface area contributed by atoms with E-state index in [-0.39, 0.29) is 11.2 Å². The summed E-state index contributed by atoms with van der Waals surface area (Å²) in [4.78, 5) is 23.3. The largest absolute Gasteiger partial charge is 0.342 e. The lowest BCUT2D eigenvalue weighted by molar-refractivity contribution is -0.384. The molecule has 124 valence electrons. The molecule has 0 aliphatic heterocycles. The van der Waals surface area contributed by atoms with Gasteiger partial charge in [0.25, 0.3) is 11.2 Å². The lowest BCUT2D eigenvalue weighted by atomic mass is 10.2. The zero-order valence-corrected chi connectivity index (χ0v) is 13.8. The molecule has 0 unspecified atom stereocenters. The van der Waals surface area contributed by atoms with Gasteiger partial charge in [0.15, 0.2) is 0 Å². The van der Waals surface area contributed by atoms with E-state index in [2.05, 4.69) is 4.57 Å². The molecule has 6 heteroatoms. The van der Waals surface area contributed by atoms with Crippen molar-refractivity contribution in [3.8, 4) is 5.69 Å². The Bertz CT molecular complexity index is 1200. The molecule has 0 radical (unpaired) electrons. The third kappa shape index (κ3) is 2.15. The van der Waals surface area contributed by atoms with Gasteiger partial charge in [-0.3, -0.25) is 19.5 Å². The van der Waals surface area contributed by atoms with E-state index >= 15 is 0 Å². The minimum absolute atomic E-state index is 0.00128. The lowest BCUT2D eigenvalue weighted by Crippen LogP contribution is -2.20. The first kappa shape index (κ1) is 15.1. The summed E-state index contributed by atoms with van der Waals surface area (Å²) in [6.07, 6.45) is 0. The summed E-state index contributed by atoms with van der Waals surface area (Å²) in [7, 11) is 1.97. The van der Waals surface area contributed by atoms with Gasteiger partial charge in [-0.2, -0.15) is 0 Å². The standard InChI is InChI=1S/C19H15N3O3/c1-12-11-17-18(15-5-3-4-6-16(15)20(17)2)21(19(12)23)13-7-9-14(10-8-13)22(24)25/h3-11H,1-2H3. The van der Waals surface area contributed by atoms with Crippen LogP contribution in [-0.4, -0.2) is 14.1 Å². The first-order chi connectivity index (χ1) is 12.0. The maximum absolute atomic E-state index is 12.9. The lowest BCUT2D eigenvalue weighted by Gasteiger charge is -2.10. The molecule has 0 spiro atoms. The number of hydrogen-bond donors (Lipinski definition) is 0. The second-order valence-electron chi connectivity index (χ2n) is 6.05. The zero-order valence-electron chi connectivity index (χ0n) is 13.8. The van der Waals surface area contributed by atoms with Crippen LogP contribution in [0.15, 0.2) is 59.4 Å². The van der Waals surface area contributed by atoms with Gasteiger partial charge >= 0.3 is 0 Å². The fourth-order valence-electron chi connectivity index (χ4n) is 3.31. The van der Waals surface area contributed by atoms with Crippen LogP contribution in [0.2, 0.25) is 0 Å². The van der Waals surface area contributed by atoms with Gasteiger partial charge in [-0.25, -0.2) is 0 Å². The van der Waals surface area contributed by atoms with Crippen LogP contribution < -0.4 is 5.56 Å². The highest BCUT2D eigenvalue weighted by atomic mass is 16.6. The third-order valence-electron chi connectivity index (χ3n) is 4.56. The molecule has 0 fully saturated rings. The van der Waals surface area contributed by atoms with E-state index in [0.29, 0.717) is 11.3 Å². The number of rotatable bonds is 2. The van der Waals surface area contributed by atoms with Crippen molar-refractivity contribution in [1.29, 1.82) is 0 Å². The number of nitro benzene ring substituents is 1. The maximum Gasteiger partial charge on any atom is 0.269 e. The zero-order chi connectivity index (χ0) is 17.7. The SMILES string of the molecule is Cc1cc2c(c3ccccc3n2C)n(-c2ccc([N+](=O)[O-])cc2)c1=O. The topological polar surface area (TPSA) is 70.1 Å². The van der Waals surface area contributed by atoms with Gasteiger partial charge in [-0.1, -0.05) is 18.2 Å². The summed E-state index contributed by atoms with van der Waals surface area (Å²) in [5.41, 5.74) is 3.88. The number of benzene rings is 2. The van der Waals surface area contributed by atoms with E-state index in [4.69, 9.17) is 0 Å². The molecule has 6 nitrogen and oxygen atoms in total. The number of non-ortho nitro benzene ring substituents is 1. The fourth-order valence-corrected chi connectivity index (χ4v) is 3.31. The van der Waals surface area contributed by atoms with Crippen LogP contribution in [0, 0.1) is 17.0 Å². The average molecular weight is 333 g/mol. The number of pyridine rings is 1. The summed E-state index contributed by atoms with van der Waals surface area (Å²) >= 11 is 0. The van der Waals surface area contributed by atoms with Crippen molar-refractivity contribution in [2.75, 3.05) is 0 Å². The molecule has 4 rings (SSSR count). The molecule has 0 bridgehead atoms. The van der Waals surface area contributed by atoms with Crippen molar-refractivity contribution >= 4 is 27.6 Å². The molecular formula is C19H15N3O3. The van der Waals surface area contributed by atoms with Crippen LogP contribution >= 0.6 is 0 Å². The number of nitrogens with zero attached hydrogens (tertiary/aromatic N) is 3. The van der Waals surface area contributed by atoms with Gasteiger partial charge < -0.3 is 4.57 Å². The van der Waals surface area contributed by atoms with E-state index in [1.54, 1.807) is 23.6 Å². The van der Waals surface area contributed by atoms with Gasteiger partial charge in [-0.05, 0) is 31.2 Å². The quantitative estimate of drug-likeness (QED) is 0.415. The van der Waals surface area contributed by atoms with Crippen LogP contribution in [0.1, 0.15) is 5.56 Å². The highest BCUT2D eigenvalue weighted by molar-refractivity contribution is 6.06. The Kier molecular flexibility index (Phi) is 3.21. The molecule has 0 saturated heterocycles. The van der Waals surface area contributed by atoms with E-state index in [1.807, 2.05) is 37.4 Å². The molecule has 25 heavy (non-hydrogen) atoms. The number of aromatic nitrogens is 2. The second-order valence-corrected chi connectivity index (χ2v) is 6.05. The normalized spacial score (nSPS) is 11.3. The second kappa shape index (κ2) is 5.31. The van der Waals surface area contributed by atoms with Crippen molar-refractivity contribution < 1.29 is 4.92 Å². The van der Waals surface area contributed by atoms with Crippen molar-refractivity contribution in [2.45, 2.75) is 6.92 Å². The smallest absolute Gasteiger partial charge is 0.269 e. The maximum atomic E-state index is 12.9. The first-order valence-electron chi connectivity index (χ1n) is 7.83. The Labute approximate surface area is 142 Å². The molecule has 0 amide bonds. The number of para-hydroxylation sites is 1. The summed E-state index contributed by atoms with van der Waals surface area (Å²) in [5, 5.41) is 11.9. The molecule has 0 saturated carbocycles. The van der Waals surface area contributed by atoms with E-state index in [1.165, 1.54) is 12.1 Å². The third-order valence-corrected chi connectivity index (χ3v) is 4.56. The average Bonchev–Trinajstić information content (AvgIpc) is 2.89. The molecule has 2 aromatic heterocycles. The van der Waals surface area contributed by atoms with Crippen molar-refractivity contribution in [3.05, 3.63) is 80.6 Å². The molecule has 0 aliphatic rings. The van der Waals surface area contributed by atoms with Gasteiger partial charge in [0, 0.05) is 35.8 Å². The van der Waals surface area contributed by atoms with Crippen LogP contribution in [0.3, 0.4) is 0 Å². The van der Waals surface area contributed by atoms with Gasteiger partial charge in [-0.15, -0.1) is 0 Å². The van der Waals surface area contributed by atoms with Crippen molar-refractivity contribution in [1.82, 2.24) is 9.13 Å². The van der Waals surface area contributed by atoms with Gasteiger partial charge in [0.1, 0.15) is 0 Å². The van der Waals surface area contributed by atoms with Crippen molar-refractivity contribution in [3.63, 3.8) is 0 Å². The highest BCUT2D eigenvalue weighted by Crippen LogP contribution is 2.29. The van der Waals surface area contributed by atoms with Crippen LogP contribution in [0.4, 0.5) is 5.69 Å². The summed E-state index contributed by atoms with van der Waals surface area (Å²) in [6, 6.07) is 15.8. The van der Waals surface area contributed by atoms with Crippen LogP contribution in [0.5, 0.6) is 0 Å². The predicted octanol–water partition coefficient (Wildman–Crippen LogP) is 3.70. The van der Waals surface area contributed by atoms with Gasteiger partial charge in [0.05, 0.1) is 21.5 Å². The Hall–Kier alpha value is -3.41. The highest BCUT2D eigenvalue weighted by Gasteiger charge is 2.16. The summed E-state index contributed by atoms with van der Waals surface area (Å²) in [5.74, 6) is 0. The number of hydrogen-bond acceptors (Lipinski definition) is 3. The van der Waals surface area contributed by atoms with Crippen LogP contribution in [-0.2, 0) is 7.05 Å². The molecule has 0 atom stereocenters. The first-order valence-corrected chi connectivity index (χ1v) is 7.83. The Morgan fingerprint density at radius 2 is 1.68 bits per heavy atom. The minimum atomic E-state index is -0.448. The van der Waals surface area contributed by atoms with Crippen LogP contribution in [0.25, 0.3) is 27.6 Å². The number of fused-ring (bicyclic) bond motifs is 3. The Morgan fingerprint density at radius 3 is 2.36 bits per heavy atom. The molecule has 0 N–H and O–H groups in total. The Morgan fingerprint density at radius 1 is 1.00 bits per heavy atom. The van der Waals surface area contributed by atoms with E-state index in [9.17, 15) is 14.9 Å². The molecule has 2 heterocycles. The monoisotopic (exact) mass is 333 g/mol. The van der Waals surface area contributed by atoms with E-state index in [0.717, 1.165) is 21.9 Å². The minimum Gasteiger partial charge on any atom is -0.342 e. The number of nitro groups is 1. The molecule has 2 aromatic carbocycles. The number of aryl methyl sites for hydroxylation is 2. The summed E-state index contributed by atoms with van der Waals surface area (Å²) < 4.78 is 3.69.